The maximum absolute atomic E-state index is 11.3. The smallest absolute Gasteiger partial charge is 0.151 e. The molecule has 0 fully saturated rings. The Bertz CT molecular complexity index is 254. The minimum Gasteiger partial charge on any atom is -0.391 e. The molecule has 0 aromatic rings. The number of hydrogen-bond acceptors (Lipinski definition) is 5. The van der Waals surface area contributed by atoms with Gasteiger partial charge in [-0.3, -0.25) is 0 Å². The largest absolute Gasteiger partial charge is 0.391 e. The topological polar surface area (TPSA) is 75.6 Å². The molecule has 0 amide bonds. The summed E-state index contributed by atoms with van der Waals surface area (Å²) in [5.74, 6) is 0.419. The van der Waals surface area contributed by atoms with Gasteiger partial charge < -0.3 is 15.2 Å². The Morgan fingerprint density at radius 3 is 2.56 bits per heavy atom. The number of aliphatic hydroxyl groups is 1. The van der Waals surface area contributed by atoms with Crippen LogP contribution in [0.15, 0.2) is 0 Å². The summed E-state index contributed by atoms with van der Waals surface area (Å²) < 4.78 is 27.4. The van der Waals surface area contributed by atoms with Crippen LogP contribution < -0.4 is 5.32 Å². The zero-order valence-electron chi connectivity index (χ0n) is 10.1. The molecule has 98 valence electrons. The van der Waals surface area contributed by atoms with Gasteiger partial charge in [0.1, 0.15) is 0 Å². The highest BCUT2D eigenvalue weighted by Gasteiger charge is 2.08. The Kier molecular flexibility index (Phi) is 8.83. The second-order valence-electron chi connectivity index (χ2n) is 3.80. The second kappa shape index (κ2) is 8.92. The molecule has 2 N–H and O–H groups in total. The first-order valence-electron chi connectivity index (χ1n) is 5.60. The Hall–Kier alpha value is -0.170. The Labute approximate surface area is 98.1 Å². The maximum atomic E-state index is 11.3. The van der Waals surface area contributed by atoms with Gasteiger partial charge in [-0.1, -0.05) is 6.92 Å². The average molecular weight is 253 g/mol. The first-order valence-corrected chi connectivity index (χ1v) is 7.42. The van der Waals surface area contributed by atoms with E-state index in [1.807, 2.05) is 6.92 Å². The first kappa shape index (κ1) is 15.8. The third-order valence-corrected chi connectivity index (χ3v) is 3.97. The van der Waals surface area contributed by atoms with E-state index in [-0.39, 0.29) is 11.5 Å². The van der Waals surface area contributed by atoms with Crippen molar-refractivity contribution >= 4 is 9.84 Å². The highest BCUT2D eigenvalue weighted by molar-refractivity contribution is 7.91. The van der Waals surface area contributed by atoms with E-state index in [4.69, 9.17) is 4.74 Å². The van der Waals surface area contributed by atoms with Crippen LogP contribution in [0.3, 0.4) is 0 Å². The molecule has 1 atom stereocenters. The van der Waals surface area contributed by atoms with Gasteiger partial charge in [0.25, 0.3) is 0 Å². The van der Waals surface area contributed by atoms with Crippen LogP contribution in [0.4, 0.5) is 0 Å². The molecule has 0 aliphatic heterocycles. The van der Waals surface area contributed by atoms with Crippen LogP contribution in [0.5, 0.6) is 0 Å². The number of rotatable bonds is 10. The molecule has 0 aliphatic carbocycles. The molecule has 0 spiro atoms. The molecule has 0 aliphatic rings. The third kappa shape index (κ3) is 9.08. The summed E-state index contributed by atoms with van der Waals surface area (Å²) in [6.07, 6.45) is 0.751. The van der Waals surface area contributed by atoms with E-state index in [1.54, 1.807) is 0 Å². The number of nitrogens with one attached hydrogen (secondary N) is 1. The summed E-state index contributed by atoms with van der Waals surface area (Å²) >= 11 is 0. The molecule has 0 aromatic heterocycles. The molecular weight excluding hydrogens is 230 g/mol. The van der Waals surface area contributed by atoms with Gasteiger partial charge in [0.05, 0.1) is 18.5 Å². The Balaban J connectivity index is 3.46. The van der Waals surface area contributed by atoms with Crippen molar-refractivity contribution < 1.29 is 18.3 Å². The molecule has 0 rings (SSSR count). The van der Waals surface area contributed by atoms with Gasteiger partial charge in [-0.25, -0.2) is 8.42 Å². The van der Waals surface area contributed by atoms with Crippen molar-refractivity contribution in [2.45, 2.75) is 25.9 Å². The highest BCUT2D eigenvalue weighted by Crippen LogP contribution is 1.93. The lowest BCUT2D eigenvalue weighted by atomic mass is 10.3. The van der Waals surface area contributed by atoms with E-state index >= 15 is 0 Å². The summed E-state index contributed by atoms with van der Waals surface area (Å²) in [6.45, 7) is 3.22. The molecule has 6 heteroatoms. The fourth-order valence-corrected chi connectivity index (χ4v) is 2.59. The first-order chi connectivity index (χ1) is 7.52. The fourth-order valence-electron chi connectivity index (χ4n) is 1.31. The minimum atomic E-state index is -2.89. The van der Waals surface area contributed by atoms with E-state index in [0.717, 1.165) is 0 Å². The van der Waals surface area contributed by atoms with Crippen molar-refractivity contribution in [2.24, 2.45) is 0 Å². The van der Waals surface area contributed by atoms with Crippen molar-refractivity contribution in [2.75, 3.05) is 38.3 Å². The lowest BCUT2D eigenvalue weighted by Gasteiger charge is -2.10. The van der Waals surface area contributed by atoms with Crippen LogP contribution in [0.2, 0.25) is 0 Å². The summed E-state index contributed by atoms with van der Waals surface area (Å²) in [7, 11) is -1.36. The van der Waals surface area contributed by atoms with Crippen molar-refractivity contribution in [3.63, 3.8) is 0 Å². The van der Waals surface area contributed by atoms with E-state index in [0.29, 0.717) is 32.5 Å². The molecule has 16 heavy (non-hydrogen) atoms. The zero-order chi connectivity index (χ0) is 12.4. The monoisotopic (exact) mass is 253 g/mol. The van der Waals surface area contributed by atoms with Crippen molar-refractivity contribution in [1.29, 1.82) is 0 Å². The quantitative estimate of drug-likeness (QED) is 0.527. The number of sulfone groups is 1. The molecule has 1 unspecified atom stereocenters. The molecule has 0 radical (unpaired) electrons. The maximum Gasteiger partial charge on any atom is 0.151 e. The normalized spacial score (nSPS) is 13.9. The fraction of sp³-hybridized carbons (Fsp3) is 1.00. The third-order valence-electron chi connectivity index (χ3n) is 2.12. The van der Waals surface area contributed by atoms with Crippen LogP contribution in [-0.4, -0.2) is 57.9 Å². The summed E-state index contributed by atoms with van der Waals surface area (Å²) in [5, 5.41) is 12.3. The van der Waals surface area contributed by atoms with Crippen LogP contribution in [0, 0.1) is 0 Å². The van der Waals surface area contributed by atoms with E-state index in [9.17, 15) is 13.5 Å². The van der Waals surface area contributed by atoms with Gasteiger partial charge in [0, 0.05) is 19.4 Å². The lowest BCUT2D eigenvalue weighted by Crippen LogP contribution is -2.28. The minimum absolute atomic E-state index is 0.168. The standard InChI is InChI=1S/C10H23NO4S/c1-3-7-16(13,14)8-6-11-5-4-10(12)9-15-2/h10-12H,3-9H2,1-2H3. The van der Waals surface area contributed by atoms with Gasteiger partial charge in [0.2, 0.25) is 0 Å². The van der Waals surface area contributed by atoms with E-state index in [2.05, 4.69) is 5.32 Å². The molecule has 0 heterocycles. The van der Waals surface area contributed by atoms with Crippen LogP contribution >= 0.6 is 0 Å². The predicted molar refractivity (Wildman–Crippen MR) is 64.3 cm³/mol. The van der Waals surface area contributed by atoms with Gasteiger partial charge in [-0.2, -0.15) is 0 Å². The summed E-state index contributed by atoms with van der Waals surface area (Å²) in [4.78, 5) is 0. The van der Waals surface area contributed by atoms with Crippen LogP contribution in [0.1, 0.15) is 19.8 Å². The number of ether oxygens (including phenoxy) is 1. The van der Waals surface area contributed by atoms with E-state index in [1.165, 1.54) is 7.11 Å². The van der Waals surface area contributed by atoms with Crippen LogP contribution in [0.25, 0.3) is 0 Å². The molecule has 0 aromatic carbocycles. The van der Waals surface area contributed by atoms with Gasteiger partial charge in [-0.05, 0) is 19.4 Å². The number of methoxy groups -OCH3 is 1. The van der Waals surface area contributed by atoms with Gasteiger partial charge in [-0.15, -0.1) is 0 Å². The van der Waals surface area contributed by atoms with Crippen molar-refractivity contribution in [1.82, 2.24) is 5.32 Å². The molecule has 0 saturated carbocycles. The summed E-state index contributed by atoms with van der Waals surface area (Å²) in [5.41, 5.74) is 0. The number of aliphatic hydroxyl groups excluding tert-OH is 1. The molecule has 0 bridgehead atoms. The summed E-state index contributed by atoms with van der Waals surface area (Å²) in [6, 6.07) is 0. The molecule has 0 saturated heterocycles. The van der Waals surface area contributed by atoms with Crippen molar-refractivity contribution in [3.05, 3.63) is 0 Å². The SMILES string of the molecule is CCCS(=O)(=O)CCNCCC(O)COC. The molecule has 5 nitrogen and oxygen atoms in total. The average Bonchev–Trinajstić information content (AvgIpc) is 2.17. The van der Waals surface area contributed by atoms with Crippen molar-refractivity contribution in [3.8, 4) is 0 Å². The molecular formula is C10H23NO4S. The van der Waals surface area contributed by atoms with Crippen LogP contribution in [-0.2, 0) is 14.6 Å². The van der Waals surface area contributed by atoms with E-state index < -0.39 is 15.9 Å². The van der Waals surface area contributed by atoms with Gasteiger partial charge in [0.15, 0.2) is 9.84 Å². The Morgan fingerprint density at radius 1 is 1.31 bits per heavy atom. The van der Waals surface area contributed by atoms with Gasteiger partial charge >= 0.3 is 0 Å². The second-order valence-corrected chi connectivity index (χ2v) is 6.10. The predicted octanol–water partition coefficient (Wildman–Crippen LogP) is -0.202. The lowest BCUT2D eigenvalue weighted by molar-refractivity contribution is 0.0595. The zero-order valence-corrected chi connectivity index (χ0v) is 10.9. The number of hydrogen-bond donors (Lipinski definition) is 2. The highest BCUT2D eigenvalue weighted by atomic mass is 32.2. The Morgan fingerprint density at radius 2 is 2.00 bits per heavy atom.